The predicted octanol–water partition coefficient (Wildman–Crippen LogP) is 3.62. The lowest BCUT2D eigenvalue weighted by Gasteiger charge is -2.24. The van der Waals surface area contributed by atoms with E-state index in [1.54, 1.807) is 0 Å². The molecule has 0 saturated carbocycles. The molecular formula is C15H25BrN2. The van der Waals surface area contributed by atoms with Crippen molar-refractivity contribution < 1.29 is 0 Å². The third-order valence-corrected chi connectivity index (χ3v) is 3.68. The van der Waals surface area contributed by atoms with Crippen LogP contribution in [0.3, 0.4) is 0 Å². The predicted molar refractivity (Wildman–Crippen MR) is 82.9 cm³/mol. The van der Waals surface area contributed by atoms with Gasteiger partial charge in [-0.2, -0.15) is 0 Å². The van der Waals surface area contributed by atoms with Crippen molar-refractivity contribution in [3.63, 3.8) is 0 Å². The van der Waals surface area contributed by atoms with Crippen molar-refractivity contribution >= 4 is 15.9 Å². The van der Waals surface area contributed by atoms with Crippen molar-refractivity contribution in [1.29, 1.82) is 0 Å². The number of nitrogens with one attached hydrogen (secondary N) is 2. The first-order chi connectivity index (χ1) is 8.28. The maximum atomic E-state index is 3.57. The van der Waals surface area contributed by atoms with E-state index in [-0.39, 0.29) is 5.54 Å². The Morgan fingerprint density at radius 3 is 2.50 bits per heavy atom. The van der Waals surface area contributed by atoms with Gasteiger partial charge in [-0.1, -0.05) is 28.1 Å². The average Bonchev–Trinajstić information content (AvgIpc) is 2.27. The van der Waals surface area contributed by atoms with Crippen LogP contribution < -0.4 is 10.6 Å². The van der Waals surface area contributed by atoms with Gasteiger partial charge in [0.1, 0.15) is 0 Å². The van der Waals surface area contributed by atoms with Crippen LogP contribution in [0, 0.1) is 6.92 Å². The van der Waals surface area contributed by atoms with Crippen molar-refractivity contribution in [1.82, 2.24) is 10.6 Å². The van der Waals surface area contributed by atoms with Crippen molar-refractivity contribution in [3.05, 3.63) is 33.8 Å². The second-order valence-corrected chi connectivity index (χ2v) is 6.85. The highest BCUT2D eigenvalue weighted by atomic mass is 79.9. The van der Waals surface area contributed by atoms with Gasteiger partial charge >= 0.3 is 0 Å². The van der Waals surface area contributed by atoms with Gasteiger partial charge in [0.15, 0.2) is 0 Å². The summed E-state index contributed by atoms with van der Waals surface area (Å²) in [7, 11) is 0. The van der Waals surface area contributed by atoms with E-state index in [1.165, 1.54) is 15.6 Å². The number of benzene rings is 1. The Labute approximate surface area is 120 Å². The second kappa shape index (κ2) is 6.69. The number of hydrogen-bond donors (Lipinski definition) is 2. The summed E-state index contributed by atoms with van der Waals surface area (Å²) in [5.41, 5.74) is 2.78. The van der Waals surface area contributed by atoms with Gasteiger partial charge in [0.25, 0.3) is 0 Å². The van der Waals surface area contributed by atoms with Crippen LogP contribution in [0.15, 0.2) is 22.7 Å². The van der Waals surface area contributed by atoms with Gasteiger partial charge in [-0.15, -0.1) is 0 Å². The zero-order valence-corrected chi connectivity index (χ0v) is 13.7. The van der Waals surface area contributed by atoms with Crippen LogP contribution in [-0.4, -0.2) is 18.1 Å². The molecule has 0 aliphatic carbocycles. The molecule has 0 fully saturated rings. The Hall–Kier alpha value is -0.380. The van der Waals surface area contributed by atoms with Crippen molar-refractivity contribution in [2.45, 2.75) is 52.7 Å². The van der Waals surface area contributed by atoms with E-state index in [0.717, 1.165) is 13.1 Å². The highest BCUT2D eigenvalue weighted by Gasteiger charge is 2.10. The maximum Gasteiger partial charge on any atom is 0.0208 e. The van der Waals surface area contributed by atoms with Gasteiger partial charge in [-0.25, -0.2) is 0 Å². The molecule has 0 aliphatic heterocycles. The fraction of sp³-hybridized carbons (Fsp3) is 0.600. The molecule has 0 amide bonds. The fourth-order valence-corrected chi connectivity index (χ4v) is 2.00. The van der Waals surface area contributed by atoms with Crippen LogP contribution in [0.4, 0.5) is 0 Å². The Bertz CT molecular complexity index is 383. The normalized spacial score (nSPS) is 13.7. The molecule has 3 heteroatoms. The van der Waals surface area contributed by atoms with E-state index in [1.807, 2.05) is 0 Å². The third kappa shape index (κ3) is 5.98. The molecule has 0 saturated heterocycles. The minimum absolute atomic E-state index is 0.183. The summed E-state index contributed by atoms with van der Waals surface area (Å²) in [5, 5.41) is 7.04. The van der Waals surface area contributed by atoms with E-state index in [0.29, 0.717) is 6.04 Å². The highest BCUT2D eigenvalue weighted by Crippen LogP contribution is 2.17. The SMILES string of the molecule is Cc1ccc(CNC(C)CNC(C)(C)C)cc1Br. The molecule has 0 aliphatic rings. The standard InChI is InChI=1S/C15H25BrN2/c1-11-6-7-13(8-14(11)16)10-17-12(2)9-18-15(3,4)5/h6-8,12,17-18H,9-10H2,1-5H3. The Morgan fingerprint density at radius 1 is 1.28 bits per heavy atom. The first-order valence-corrected chi connectivity index (χ1v) is 7.30. The molecule has 1 aromatic rings. The summed E-state index contributed by atoms with van der Waals surface area (Å²) in [6, 6.07) is 6.98. The van der Waals surface area contributed by atoms with Crippen LogP contribution >= 0.6 is 15.9 Å². The number of halogens is 1. The lowest BCUT2D eigenvalue weighted by atomic mass is 10.1. The lowest BCUT2D eigenvalue weighted by molar-refractivity contribution is 0.387. The number of aryl methyl sites for hydroxylation is 1. The summed E-state index contributed by atoms with van der Waals surface area (Å²) in [6.07, 6.45) is 0. The Kier molecular flexibility index (Phi) is 5.83. The molecule has 2 nitrogen and oxygen atoms in total. The summed E-state index contributed by atoms with van der Waals surface area (Å²) in [5.74, 6) is 0. The number of rotatable bonds is 5. The topological polar surface area (TPSA) is 24.1 Å². The Morgan fingerprint density at radius 2 is 1.94 bits per heavy atom. The molecule has 18 heavy (non-hydrogen) atoms. The van der Waals surface area contributed by atoms with Crippen LogP contribution in [0.5, 0.6) is 0 Å². The van der Waals surface area contributed by atoms with Crippen LogP contribution in [0.1, 0.15) is 38.8 Å². The van der Waals surface area contributed by atoms with Gasteiger partial charge in [-0.3, -0.25) is 0 Å². The van der Waals surface area contributed by atoms with Crippen molar-refractivity contribution in [2.24, 2.45) is 0 Å². The van der Waals surface area contributed by atoms with E-state index >= 15 is 0 Å². The Balaban J connectivity index is 2.38. The highest BCUT2D eigenvalue weighted by molar-refractivity contribution is 9.10. The largest absolute Gasteiger partial charge is 0.311 e. The van der Waals surface area contributed by atoms with Crippen LogP contribution in [0.25, 0.3) is 0 Å². The number of hydrogen-bond acceptors (Lipinski definition) is 2. The molecule has 102 valence electrons. The molecule has 1 unspecified atom stereocenters. The molecule has 0 aromatic heterocycles. The van der Waals surface area contributed by atoms with Gasteiger partial charge in [-0.05, 0) is 51.8 Å². The molecule has 1 rings (SSSR count). The van der Waals surface area contributed by atoms with E-state index in [2.05, 4.69) is 79.4 Å². The molecule has 1 aromatic carbocycles. The van der Waals surface area contributed by atoms with Gasteiger partial charge in [0.2, 0.25) is 0 Å². The van der Waals surface area contributed by atoms with Crippen molar-refractivity contribution in [3.8, 4) is 0 Å². The van der Waals surface area contributed by atoms with Crippen LogP contribution in [-0.2, 0) is 6.54 Å². The smallest absolute Gasteiger partial charge is 0.0208 e. The van der Waals surface area contributed by atoms with E-state index < -0.39 is 0 Å². The van der Waals surface area contributed by atoms with E-state index in [9.17, 15) is 0 Å². The van der Waals surface area contributed by atoms with E-state index in [4.69, 9.17) is 0 Å². The summed E-state index contributed by atoms with van der Waals surface area (Å²) < 4.78 is 1.18. The van der Waals surface area contributed by atoms with Crippen LogP contribution in [0.2, 0.25) is 0 Å². The fourth-order valence-electron chi connectivity index (χ4n) is 1.57. The molecule has 1 atom stereocenters. The molecule has 0 heterocycles. The average molecular weight is 313 g/mol. The molecule has 2 N–H and O–H groups in total. The summed E-state index contributed by atoms with van der Waals surface area (Å²) in [4.78, 5) is 0. The molecule has 0 bridgehead atoms. The van der Waals surface area contributed by atoms with Crippen molar-refractivity contribution in [2.75, 3.05) is 6.54 Å². The van der Waals surface area contributed by atoms with Gasteiger partial charge in [0, 0.05) is 29.1 Å². The zero-order valence-electron chi connectivity index (χ0n) is 12.1. The molecule has 0 radical (unpaired) electrons. The zero-order chi connectivity index (χ0) is 13.8. The molecular weight excluding hydrogens is 288 g/mol. The minimum atomic E-state index is 0.183. The third-order valence-electron chi connectivity index (χ3n) is 2.83. The summed E-state index contributed by atoms with van der Waals surface area (Å²) >= 11 is 3.57. The monoisotopic (exact) mass is 312 g/mol. The minimum Gasteiger partial charge on any atom is -0.311 e. The van der Waals surface area contributed by atoms with Gasteiger partial charge < -0.3 is 10.6 Å². The first kappa shape index (κ1) is 15.7. The lowest BCUT2D eigenvalue weighted by Crippen LogP contribution is -2.44. The van der Waals surface area contributed by atoms with Gasteiger partial charge in [0.05, 0.1) is 0 Å². The second-order valence-electron chi connectivity index (χ2n) is 6.00. The summed E-state index contributed by atoms with van der Waals surface area (Å²) in [6.45, 7) is 12.8. The first-order valence-electron chi connectivity index (χ1n) is 6.51. The quantitative estimate of drug-likeness (QED) is 0.867. The molecule has 0 spiro atoms. The maximum absolute atomic E-state index is 3.57.